The third kappa shape index (κ3) is 3.69. The van der Waals surface area contributed by atoms with Crippen LogP contribution in [0.1, 0.15) is 34.5 Å². The second-order valence-electron chi connectivity index (χ2n) is 6.59. The van der Waals surface area contributed by atoms with E-state index in [1.807, 2.05) is 31.2 Å². The second kappa shape index (κ2) is 7.27. The molecular weight excluding hydrogens is 320 g/mol. The molecular formula is C19H24N2O4. The minimum Gasteiger partial charge on any atom is -0.490 e. The smallest absolute Gasteiger partial charge is 0.259 e. The van der Waals surface area contributed by atoms with E-state index in [2.05, 4.69) is 5.16 Å². The summed E-state index contributed by atoms with van der Waals surface area (Å²) in [6.07, 6.45) is 3.12. The Morgan fingerprint density at radius 1 is 1.36 bits per heavy atom. The van der Waals surface area contributed by atoms with Crippen molar-refractivity contribution >= 4 is 5.91 Å². The number of ether oxygens (including phenoxy) is 2. The maximum absolute atomic E-state index is 12.7. The molecule has 1 aromatic heterocycles. The van der Waals surface area contributed by atoms with Gasteiger partial charge in [-0.15, -0.1) is 0 Å². The topological polar surface area (TPSA) is 64.8 Å². The van der Waals surface area contributed by atoms with E-state index in [4.69, 9.17) is 14.0 Å². The quantitative estimate of drug-likeness (QED) is 0.834. The molecule has 1 fully saturated rings. The van der Waals surface area contributed by atoms with Gasteiger partial charge < -0.3 is 18.9 Å². The van der Waals surface area contributed by atoms with Crippen LogP contribution in [0, 0.1) is 13.8 Å². The fourth-order valence-corrected chi connectivity index (χ4v) is 3.21. The van der Waals surface area contributed by atoms with E-state index in [1.165, 1.54) is 6.26 Å². The summed E-state index contributed by atoms with van der Waals surface area (Å²) in [6, 6.07) is 7.90. The van der Waals surface area contributed by atoms with Crippen LogP contribution in [-0.2, 0) is 4.74 Å². The number of nitrogens with zero attached hydrogens (tertiary/aromatic N) is 2. The Morgan fingerprint density at radius 2 is 2.16 bits per heavy atom. The van der Waals surface area contributed by atoms with Crippen LogP contribution in [0.5, 0.6) is 5.75 Å². The first-order valence-electron chi connectivity index (χ1n) is 8.48. The lowest BCUT2D eigenvalue weighted by molar-refractivity contribution is -0.0826. The molecule has 0 bridgehead atoms. The molecule has 1 amide bonds. The summed E-state index contributed by atoms with van der Waals surface area (Å²) in [4.78, 5) is 14.5. The number of benzene rings is 1. The third-order valence-corrected chi connectivity index (χ3v) is 4.82. The predicted octanol–water partition coefficient (Wildman–Crippen LogP) is 2.99. The van der Waals surface area contributed by atoms with Gasteiger partial charge in [-0.2, -0.15) is 0 Å². The molecule has 1 aromatic carbocycles. The molecule has 1 saturated heterocycles. The summed E-state index contributed by atoms with van der Waals surface area (Å²) >= 11 is 0. The van der Waals surface area contributed by atoms with Crippen LogP contribution in [0.3, 0.4) is 0 Å². The number of methoxy groups -OCH3 is 1. The van der Waals surface area contributed by atoms with E-state index in [0.29, 0.717) is 31.0 Å². The molecule has 3 rings (SSSR count). The number of likely N-dealkylation sites (tertiary alicyclic amines) is 1. The highest BCUT2D eigenvalue weighted by molar-refractivity contribution is 5.94. The minimum absolute atomic E-state index is 0.0734. The van der Waals surface area contributed by atoms with Crippen molar-refractivity contribution in [1.82, 2.24) is 10.1 Å². The van der Waals surface area contributed by atoms with Crippen LogP contribution in [0.25, 0.3) is 0 Å². The maximum atomic E-state index is 12.7. The summed E-state index contributed by atoms with van der Waals surface area (Å²) in [5.74, 6) is 0.771. The van der Waals surface area contributed by atoms with Crippen molar-refractivity contribution in [2.75, 3.05) is 26.8 Å². The number of rotatable bonds is 5. The lowest BCUT2D eigenvalue weighted by Gasteiger charge is -2.41. The highest BCUT2D eigenvalue weighted by Gasteiger charge is 2.39. The van der Waals surface area contributed by atoms with Crippen molar-refractivity contribution in [3.8, 4) is 5.75 Å². The van der Waals surface area contributed by atoms with Gasteiger partial charge in [-0.05, 0) is 38.3 Å². The lowest BCUT2D eigenvalue weighted by atomic mass is 9.92. The van der Waals surface area contributed by atoms with E-state index in [1.54, 1.807) is 18.9 Å². The summed E-state index contributed by atoms with van der Waals surface area (Å²) < 4.78 is 16.7. The van der Waals surface area contributed by atoms with E-state index in [-0.39, 0.29) is 5.91 Å². The van der Waals surface area contributed by atoms with Gasteiger partial charge >= 0.3 is 0 Å². The van der Waals surface area contributed by atoms with Gasteiger partial charge in [-0.3, -0.25) is 4.79 Å². The number of carbonyl (C=O) groups is 1. The van der Waals surface area contributed by atoms with Crippen molar-refractivity contribution in [1.29, 1.82) is 0 Å². The number of amides is 1. The Labute approximate surface area is 147 Å². The number of aryl methyl sites for hydroxylation is 2. The number of carbonyl (C=O) groups excluding carboxylic acids is 1. The van der Waals surface area contributed by atoms with Crippen molar-refractivity contribution in [3.05, 3.63) is 47.3 Å². The molecule has 0 N–H and O–H groups in total. The fourth-order valence-electron chi connectivity index (χ4n) is 3.21. The van der Waals surface area contributed by atoms with E-state index in [0.717, 1.165) is 24.2 Å². The zero-order valence-corrected chi connectivity index (χ0v) is 14.9. The molecule has 1 atom stereocenters. The van der Waals surface area contributed by atoms with Gasteiger partial charge in [0.25, 0.3) is 5.91 Å². The van der Waals surface area contributed by atoms with Gasteiger partial charge in [0.2, 0.25) is 0 Å². The Morgan fingerprint density at radius 3 is 2.84 bits per heavy atom. The molecule has 0 radical (unpaired) electrons. The zero-order chi connectivity index (χ0) is 17.9. The molecule has 2 aromatic rings. The molecule has 0 saturated carbocycles. The monoisotopic (exact) mass is 344 g/mol. The number of hydrogen-bond donors (Lipinski definition) is 0. The highest BCUT2D eigenvalue weighted by atomic mass is 16.5. The van der Waals surface area contributed by atoms with Gasteiger partial charge in [0.1, 0.15) is 29.8 Å². The molecule has 0 unspecified atom stereocenters. The molecule has 6 heteroatoms. The third-order valence-electron chi connectivity index (χ3n) is 4.82. The maximum Gasteiger partial charge on any atom is 0.259 e. The number of hydrogen-bond acceptors (Lipinski definition) is 5. The van der Waals surface area contributed by atoms with Crippen LogP contribution in [0.2, 0.25) is 0 Å². The largest absolute Gasteiger partial charge is 0.490 e. The first-order valence-corrected chi connectivity index (χ1v) is 8.48. The summed E-state index contributed by atoms with van der Waals surface area (Å²) in [6.45, 7) is 5.37. The van der Waals surface area contributed by atoms with Crippen LogP contribution in [0.4, 0.5) is 0 Å². The minimum atomic E-state index is -0.513. The molecule has 25 heavy (non-hydrogen) atoms. The standard InChI is InChI=1S/C19H24N2O4/c1-14-7-4-5-8-17(14)24-13-19(23-3)9-6-10-21(12-19)18(22)16-11-25-20-15(16)2/h4-5,7-8,11H,6,9-10,12-13H2,1-3H3/t19-/m1/s1. The molecule has 0 aliphatic carbocycles. The van der Waals surface area contributed by atoms with Crippen LogP contribution >= 0.6 is 0 Å². The summed E-state index contributed by atoms with van der Waals surface area (Å²) in [5, 5.41) is 3.80. The SMILES string of the molecule is CO[C@]1(COc2ccccc2C)CCCN(C(=O)c2conc2C)C1. The van der Waals surface area contributed by atoms with Crippen molar-refractivity contribution < 1.29 is 18.8 Å². The Hall–Kier alpha value is -2.34. The molecule has 134 valence electrons. The van der Waals surface area contributed by atoms with Gasteiger partial charge in [-0.25, -0.2) is 0 Å². The number of piperidine rings is 1. The van der Waals surface area contributed by atoms with E-state index < -0.39 is 5.60 Å². The van der Waals surface area contributed by atoms with Crippen molar-refractivity contribution in [2.45, 2.75) is 32.3 Å². The first kappa shape index (κ1) is 17.5. The van der Waals surface area contributed by atoms with Gasteiger partial charge in [0.05, 0.1) is 12.2 Å². The van der Waals surface area contributed by atoms with Crippen molar-refractivity contribution in [2.24, 2.45) is 0 Å². The fraction of sp³-hybridized carbons (Fsp3) is 0.474. The Balaban J connectivity index is 1.71. The summed E-state index contributed by atoms with van der Waals surface area (Å²) in [7, 11) is 1.68. The average molecular weight is 344 g/mol. The van der Waals surface area contributed by atoms with Crippen LogP contribution in [0.15, 0.2) is 35.1 Å². The van der Waals surface area contributed by atoms with Crippen LogP contribution in [-0.4, -0.2) is 48.4 Å². The van der Waals surface area contributed by atoms with Crippen molar-refractivity contribution in [3.63, 3.8) is 0 Å². The van der Waals surface area contributed by atoms with E-state index in [9.17, 15) is 4.79 Å². The zero-order valence-electron chi connectivity index (χ0n) is 14.9. The number of para-hydroxylation sites is 1. The van der Waals surface area contributed by atoms with Gasteiger partial charge in [0.15, 0.2) is 0 Å². The normalized spacial score (nSPS) is 20.5. The second-order valence-corrected chi connectivity index (χ2v) is 6.59. The van der Waals surface area contributed by atoms with Gasteiger partial charge in [-0.1, -0.05) is 23.4 Å². The Kier molecular flexibility index (Phi) is 5.08. The molecule has 1 aliphatic rings. The molecule has 0 spiro atoms. The first-order chi connectivity index (χ1) is 12.0. The van der Waals surface area contributed by atoms with E-state index >= 15 is 0 Å². The molecule has 1 aliphatic heterocycles. The number of aromatic nitrogens is 1. The predicted molar refractivity (Wildman–Crippen MR) is 92.8 cm³/mol. The Bertz CT molecular complexity index is 743. The highest BCUT2D eigenvalue weighted by Crippen LogP contribution is 2.28. The molecule has 2 heterocycles. The molecule has 6 nitrogen and oxygen atoms in total. The van der Waals surface area contributed by atoms with Crippen LogP contribution < -0.4 is 4.74 Å². The van der Waals surface area contributed by atoms with Gasteiger partial charge in [0, 0.05) is 13.7 Å². The summed E-state index contributed by atoms with van der Waals surface area (Å²) in [5.41, 5.74) is 1.68. The lowest BCUT2D eigenvalue weighted by Crippen LogP contribution is -2.54. The average Bonchev–Trinajstić information content (AvgIpc) is 3.06.